The van der Waals surface area contributed by atoms with Crippen molar-refractivity contribution in [1.82, 2.24) is 0 Å². The molecule has 0 amide bonds. The van der Waals surface area contributed by atoms with Crippen molar-refractivity contribution in [1.29, 1.82) is 0 Å². The van der Waals surface area contributed by atoms with Gasteiger partial charge in [-0.05, 0) is 13.3 Å². The lowest BCUT2D eigenvalue weighted by atomic mass is 10.1. The smallest absolute Gasteiger partial charge is 0.126 e. The molecule has 0 heterocycles. The molecule has 1 nitrogen and oxygen atoms in total. The minimum absolute atomic E-state index is 0.139. The van der Waals surface area contributed by atoms with E-state index in [-0.39, 0.29) is 5.92 Å². The first kappa shape index (κ1) is 7.41. The first-order chi connectivity index (χ1) is 3.85. The number of hydrogen-bond acceptors (Lipinski definition) is 1. The number of hydrogen-bond donors (Lipinski definition) is 0. The molecule has 1 heteroatoms. The Morgan fingerprint density at radius 1 is 1.62 bits per heavy atom. The van der Waals surface area contributed by atoms with Crippen molar-refractivity contribution in [3.05, 3.63) is 12.2 Å². The van der Waals surface area contributed by atoms with Crippen molar-refractivity contribution in [3.8, 4) is 0 Å². The minimum atomic E-state index is 0.139. The predicted molar refractivity (Wildman–Crippen MR) is 34.7 cm³/mol. The zero-order valence-corrected chi connectivity index (χ0v) is 5.42. The van der Waals surface area contributed by atoms with E-state index in [0.29, 0.717) is 0 Å². The van der Waals surface area contributed by atoms with Crippen LogP contribution >= 0.6 is 0 Å². The topological polar surface area (TPSA) is 17.1 Å². The zero-order valence-electron chi connectivity index (χ0n) is 5.42. The Balaban J connectivity index is 3.52. The van der Waals surface area contributed by atoms with Gasteiger partial charge in [-0.2, -0.15) is 0 Å². The van der Waals surface area contributed by atoms with E-state index in [0.717, 1.165) is 12.7 Å². The summed E-state index contributed by atoms with van der Waals surface area (Å²) in [6.45, 7) is 3.92. The zero-order chi connectivity index (χ0) is 6.41. The Morgan fingerprint density at radius 3 is 2.38 bits per heavy atom. The molecule has 46 valence electrons. The summed E-state index contributed by atoms with van der Waals surface area (Å²) in [6.07, 6.45) is 5.70. The Hall–Kier alpha value is -0.590. The van der Waals surface area contributed by atoms with Crippen LogP contribution < -0.4 is 0 Å². The van der Waals surface area contributed by atoms with Gasteiger partial charge in [0, 0.05) is 5.92 Å². The van der Waals surface area contributed by atoms with Crippen molar-refractivity contribution in [3.63, 3.8) is 0 Å². The maximum atomic E-state index is 10.1. The van der Waals surface area contributed by atoms with Crippen LogP contribution in [0.3, 0.4) is 0 Å². The van der Waals surface area contributed by atoms with E-state index in [2.05, 4.69) is 0 Å². The molecule has 0 aliphatic heterocycles. The molecular weight excluding hydrogens is 100 g/mol. The monoisotopic (exact) mass is 112 g/mol. The summed E-state index contributed by atoms with van der Waals surface area (Å²) in [4.78, 5) is 10.1. The van der Waals surface area contributed by atoms with E-state index in [1.807, 2.05) is 26.0 Å². The predicted octanol–water partition coefficient (Wildman–Crippen LogP) is 1.79. The molecule has 1 unspecified atom stereocenters. The maximum absolute atomic E-state index is 10.1. The first-order valence-corrected chi connectivity index (χ1v) is 2.93. The molecule has 0 fully saturated rings. The van der Waals surface area contributed by atoms with Crippen LogP contribution in [0.2, 0.25) is 0 Å². The lowest BCUT2D eigenvalue weighted by molar-refractivity contribution is -0.109. The van der Waals surface area contributed by atoms with Crippen molar-refractivity contribution in [2.75, 3.05) is 0 Å². The maximum Gasteiger partial charge on any atom is 0.126 e. The van der Waals surface area contributed by atoms with Crippen LogP contribution in [0.1, 0.15) is 20.3 Å². The Morgan fingerprint density at radius 2 is 2.25 bits per heavy atom. The van der Waals surface area contributed by atoms with Crippen LogP contribution in [0, 0.1) is 5.92 Å². The van der Waals surface area contributed by atoms with Crippen LogP contribution in [-0.4, -0.2) is 6.29 Å². The number of allylic oxidation sites excluding steroid dienone is 2. The van der Waals surface area contributed by atoms with Crippen LogP contribution in [0.15, 0.2) is 12.2 Å². The molecule has 0 spiro atoms. The molecule has 8 heavy (non-hydrogen) atoms. The average molecular weight is 112 g/mol. The molecular formula is C7H12O. The summed E-state index contributed by atoms with van der Waals surface area (Å²) < 4.78 is 0. The first-order valence-electron chi connectivity index (χ1n) is 2.93. The van der Waals surface area contributed by atoms with Gasteiger partial charge in [-0.3, -0.25) is 0 Å². The van der Waals surface area contributed by atoms with Crippen molar-refractivity contribution < 1.29 is 4.79 Å². The summed E-state index contributed by atoms with van der Waals surface area (Å²) in [7, 11) is 0. The van der Waals surface area contributed by atoms with E-state index >= 15 is 0 Å². The van der Waals surface area contributed by atoms with Crippen LogP contribution in [0.4, 0.5) is 0 Å². The largest absolute Gasteiger partial charge is 0.303 e. The molecule has 0 bridgehead atoms. The van der Waals surface area contributed by atoms with E-state index in [4.69, 9.17) is 0 Å². The lowest BCUT2D eigenvalue weighted by Gasteiger charge is -1.94. The van der Waals surface area contributed by atoms with E-state index in [9.17, 15) is 4.79 Å². The SMILES string of the molecule is CC=CC(C=O)CC. The van der Waals surface area contributed by atoms with Crippen molar-refractivity contribution in [2.24, 2.45) is 5.92 Å². The fraction of sp³-hybridized carbons (Fsp3) is 0.571. The summed E-state index contributed by atoms with van der Waals surface area (Å²) in [5, 5.41) is 0. The second-order valence-corrected chi connectivity index (χ2v) is 1.73. The van der Waals surface area contributed by atoms with E-state index < -0.39 is 0 Å². The van der Waals surface area contributed by atoms with Gasteiger partial charge in [0.05, 0.1) is 0 Å². The van der Waals surface area contributed by atoms with Crippen molar-refractivity contribution in [2.45, 2.75) is 20.3 Å². The minimum Gasteiger partial charge on any atom is -0.303 e. The Kier molecular flexibility index (Phi) is 4.23. The standard InChI is InChI=1S/C7H12O/c1-3-5-7(4-2)6-8/h3,5-7H,4H2,1-2H3. The molecule has 0 aliphatic rings. The number of carbonyl (C=O) groups is 1. The average Bonchev–Trinajstić information content (AvgIpc) is 1.83. The van der Waals surface area contributed by atoms with Gasteiger partial charge in [-0.15, -0.1) is 0 Å². The van der Waals surface area contributed by atoms with Gasteiger partial charge in [0.2, 0.25) is 0 Å². The second kappa shape index (κ2) is 4.57. The Bertz CT molecular complexity index is 84.4. The highest BCUT2D eigenvalue weighted by Gasteiger charge is 1.94. The molecule has 0 aliphatic carbocycles. The third kappa shape index (κ3) is 2.56. The van der Waals surface area contributed by atoms with E-state index in [1.165, 1.54) is 0 Å². The molecule has 0 aromatic carbocycles. The number of aldehydes is 1. The van der Waals surface area contributed by atoms with Gasteiger partial charge in [-0.1, -0.05) is 19.1 Å². The van der Waals surface area contributed by atoms with Crippen LogP contribution in [0.25, 0.3) is 0 Å². The van der Waals surface area contributed by atoms with Gasteiger partial charge in [-0.25, -0.2) is 0 Å². The van der Waals surface area contributed by atoms with E-state index in [1.54, 1.807) is 0 Å². The number of rotatable bonds is 3. The molecule has 0 radical (unpaired) electrons. The third-order valence-electron chi connectivity index (χ3n) is 1.09. The molecule has 0 aromatic rings. The van der Waals surface area contributed by atoms with Gasteiger partial charge >= 0.3 is 0 Å². The van der Waals surface area contributed by atoms with Gasteiger partial charge in [0.25, 0.3) is 0 Å². The summed E-state index contributed by atoms with van der Waals surface area (Å²) in [5.74, 6) is 0.139. The van der Waals surface area contributed by atoms with Gasteiger partial charge in [0.15, 0.2) is 0 Å². The highest BCUT2D eigenvalue weighted by atomic mass is 16.1. The fourth-order valence-corrected chi connectivity index (χ4v) is 0.525. The van der Waals surface area contributed by atoms with Crippen molar-refractivity contribution >= 4 is 6.29 Å². The highest BCUT2D eigenvalue weighted by molar-refractivity contribution is 5.56. The molecule has 0 saturated heterocycles. The van der Waals surface area contributed by atoms with Crippen LogP contribution in [0.5, 0.6) is 0 Å². The molecule has 0 rings (SSSR count). The normalized spacial score (nSPS) is 14.2. The summed E-state index contributed by atoms with van der Waals surface area (Å²) in [5.41, 5.74) is 0. The molecule has 0 saturated carbocycles. The highest BCUT2D eigenvalue weighted by Crippen LogP contribution is 1.98. The van der Waals surface area contributed by atoms with Crippen LogP contribution in [-0.2, 0) is 4.79 Å². The molecule has 1 atom stereocenters. The summed E-state index contributed by atoms with van der Waals surface area (Å²) >= 11 is 0. The van der Waals surface area contributed by atoms with Gasteiger partial charge < -0.3 is 4.79 Å². The Labute approximate surface area is 50.4 Å². The van der Waals surface area contributed by atoms with Gasteiger partial charge in [0.1, 0.15) is 6.29 Å². The molecule has 0 N–H and O–H groups in total. The second-order valence-electron chi connectivity index (χ2n) is 1.73. The number of carbonyl (C=O) groups excluding carboxylic acids is 1. The lowest BCUT2D eigenvalue weighted by Crippen LogP contribution is -1.93. The fourth-order valence-electron chi connectivity index (χ4n) is 0.525. The summed E-state index contributed by atoms with van der Waals surface area (Å²) in [6, 6.07) is 0. The quantitative estimate of drug-likeness (QED) is 0.402. The third-order valence-corrected chi connectivity index (χ3v) is 1.09. The molecule has 0 aromatic heterocycles.